The van der Waals surface area contributed by atoms with Gasteiger partial charge in [0.25, 0.3) is 17.4 Å². The fourth-order valence-electron chi connectivity index (χ4n) is 3.82. The first-order chi connectivity index (χ1) is 17.8. The highest BCUT2D eigenvalue weighted by atomic mass is 16.2. The molecule has 0 saturated carbocycles. The number of nitrogens with zero attached hydrogens (tertiary/aromatic N) is 2. The number of anilines is 2. The lowest BCUT2D eigenvalue weighted by atomic mass is 10.1. The topological polar surface area (TPSA) is 114 Å². The van der Waals surface area contributed by atoms with Crippen LogP contribution >= 0.6 is 0 Å². The van der Waals surface area contributed by atoms with Crippen LogP contribution in [-0.4, -0.2) is 33.1 Å². The molecule has 1 atom stereocenters. The van der Waals surface area contributed by atoms with Gasteiger partial charge in [0.15, 0.2) is 0 Å². The summed E-state index contributed by atoms with van der Waals surface area (Å²) in [5, 5.41) is 8.07. The van der Waals surface area contributed by atoms with Crippen molar-refractivity contribution in [3.05, 3.63) is 112 Å². The number of rotatable bonds is 7. The molecule has 0 saturated heterocycles. The van der Waals surface area contributed by atoms with Gasteiger partial charge in [0.05, 0.1) is 11.4 Å². The van der Waals surface area contributed by atoms with E-state index in [4.69, 9.17) is 0 Å². The van der Waals surface area contributed by atoms with Gasteiger partial charge in [-0.1, -0.05) is 42.5 Å². The molecule has 1 heterocycles. The molecule has 4 aromatic rings. The monoisotopic (exact) mass is 497 g/mol. The van der Waals surface area contributed by atoms with Crippen molar-refractivity contribution in [1.82, 2.24) is 14.7 Å². The second kappa shape index (κ2) is 10.8. The van der Waals surface area contributed by atoms with E-state index in [1.54, 1.807) is 74.1 Å². The van der Waals surface area contributed by atoms with Crippen LogP contribution in [0.15, 0.2) is 89.7 Å². The maximum absolute atomic E-state index is 13.1. The quantitative estimate of drug-likeness (QED) is 0.363. The molecule has 188 valence electrons. The number of aromatic nitrogens is 2. The summed E-state index contributed by atoms with van der Waals surface area (Å²) in [6.45, 7) is 3.32. The zero-order valence-corrected chi connectivity index (χ0v) is 20.7. The minimum atomic E-state index is -0.811. The second-order valence-corrected chi connectivity index (χ2v) is 8.52. The molecule has 9 heteroatoms. The standard InChI is InChI=1S/C28H27N5O4/c1-18(29-26(35)20-11-6-4-7-12-20)25(34)30-22-14-10-13-21(17-22)27(36)31-24-19(2)32(3)33(28(24)37)23-15-8-5-9-16-23/h4-18H,1-3H3,(H,29,35)(H,30,34)(H,31,36). The van der Waals surface area contributed by atoms with Crippen LogP contribution in [0.25, 0.3) is 5.69 Å². The minimum Gasteiger partial charge on any atom is -0.341 e. The average molecular weight is 498 g/mol. The summed E-state index contributed by atoms with van der Waals surface area (Å²) in [5.41, 5.74) is 2.17. The van der Waals surface area contributed by atoms with Crippen LogP contribution in [0, 0.1) is 6.92 Å². The van der Waals surface area contributed by atoms with E-state index in [1.807, 2.05) is 30.3 Å². The molecular formula is C28H27N5O4. The van der Waals surface area contributed by atoms with Crippen molar-refractivity contribution < 1.29 is 14.4 Å². The first-order valence-electron chi connectivity index (χ1n) is 11.7. The van der Waals surface area contributed by atoms with Gasteiger partial charge in [-0.2, -0.15) is 0 Å². The summed E-state index contributed by atoms with van der Waals surface area (Å²) in [7, 11) is 1.74. The molecule has 1 unspecified atom stereocenters. The van der Waals surface area contributed by atoms with E-state index >= 15 is 0 Å². The van der Waals surface area contributed by atoms with Gasteiger partial charge in [-0.15, -0.1) is 0 Å². The van der Waals surface area contributed by atoms with Crippen LogP contribution in [0.2, 0.25) is 0 Å². The van der Waals surface area contributed by atoms with Gasteiger partial charge in [-0.3, -0.25) is 23.9 Å². The van der Waals surface area contributed by atoms with Gasteiger partial charge in [0.2, 0.25) is 5.91 Å². The summed E-state index contributed by atoms with van der Waals surface area (Å²) >= 11 is 0. The highest BCUT2D eigenvalue weighted by Gasteiger charge is 2.20. The van der Waals surface area contributed by atoms with E-state index in [9.17, 15) is 19.2 Å². The fourth-order valence-corrected chi connectivity index (χ4v) is 3.82. The second-order valence-electron chi connectivity index (χ2n) is 8.52. The van der Waals surface area contributed by atoms with E-state index in [0.717, 1.165) is 0 Å². The first kappa shape index (κ1) is 25.2. The zero-order chi connectivity index (χ0) is 26.5. The lowest BCUT2D eigenvalue weighted by Gasteiger charge is -2.14. The molecule has 1 aromatic heterocycles. The Bertz CT molecular complexity index is 1510. The van der Waals surface area contributed by atoms with E-state index in [1.165, 1.54) is 10.7 Å². The number of para-hydroxylation sites is 1. The van der Waals surface area contributed by atoms with Crippen molar-refractivity contribution in [3.8, 4) is 5.69 Å². The number of carbonyl (C=O) groups excluding carboxylic acids is 3. The number of amides is 3. The Labute approximate surface area is 213 Å². The Kier molecular flexibility index (Phi) is 7.34. The highest BCUT2D eigenvalue weighted by Crippen LogP contribution is 2.17. The van der Waals surface area contributed by atoms with Crippen molar-refractivity contribution in [3.63, 3.8) is 0 Å². The van der Waals surface area contributed by atoms with Crippen LogP contribution in [0.4, 0.5) is 11.4 Å². The van der Waals surface area contributed by atoms with Crippen LogP contribution < -0.4 is 21.5 Å². The molecule has 0 bridgehead atoms. The normalized spacial score (nSPS) is 11.4. The Morgan fingerprint density at radius 3 is 2.08 bits per heavy atom. The zero-order valence-electron chi connectivity index (χ0n) is 20.7. The van der Waals surface area contributed by atoms with E-state index in [0.29, 0.717) is 22.6 Å². The number of benzene rings is 3. The van der Waals surface area contributed by atoms with Gasteiger partial charge in [-0.25, -0.2) is 4.68 Å². The maximum atomic E-state index is 13.1. The van der Waals surface area contributed by atoms with E-state index in [-0.39, 0.29) is 22.7 Å². The van der Waals surface area contributed by atoms with Crippen LogP contribution in [0.1, 0.15) is 33.3 Å². The first-order valence-corrected chi connectivity index (χ1v) is 11.7. The Hall–Kier alpha value is -4.92. The third kappa shape index (κ3) is 5.51. The molecule has 0 aliphatic carbocycles. The van der Waals surface area contributed by atoms with Crippen molar-refractivity contribution in [1.29, 1.82) is 0 Å². The number of nitrogens with one attached hydrogen (secondary N) is 3. The molecule has 0 aliphatic rings. The summed E-state index contributed by atoms with van der Waals surface area (Å²) in [6, 6.07) is 23.3. The minimum absolute atomic E-state index is 0.169. The fraction of sp³-hybridized carbons (Fsp3) is 0.143. The van der Waals surface area contributed by atoms with Gasteiger partial charge in [-0.05, 0) is 56.3 Å². The Balaban J connectivity index is 1.46. The Morgan fingerprint density at radius 1 is 0.784 bits per heavy atom. The predicted molar refractivity (Wildman–Crippen MR) is 142 cm³/mol. The molecule has 0 fully saturated rings. The molecule has 9 nitrogen and oxygen atoms in total. The molecule has 0 radical (unpaired) electrons. The smallest absolute Gasteiger partial charge is 0.295 e. The summed E-state index contributed by atoms with van der Waals surface area (Å²) in [6.07, 6.45) is 0. The summed E-state index contributed by atoms with van der Waals surface area (Å²) in [4.78, 5) is 51.1. The summed E-state index contributed by atoms with van der Waals surface area (Å²) in [5.74, 6) is -1.30. The number of hydrogen-bond donors (Lipinski definition) is 3. The van der Waals surface area contributed by atoms with E-state index in [2.05, 4.69) is 16.0 Å². The van der Waals surface area contributed by atoms with Gasteiger partial charge in [0, 0.05) is 23.9 Å². The SMILES string of the molecule is Cc1c(NC(=O)c2cccc(NC(=O)C(C)NC(=O)c3ccccc3)c2)c(=O)n(-c2ccccc2)n1C. The lowest BCUT2D eigenvalue weighted by molar-refractivity contribution is -0.117. The van der Waals surface area contributed by atoms with E-state index < -0.39 is 17.9 Å². The summed E-state index contributed by atoms with van der Waals surface area (Å²) < 4.78 is 3.15. The van der Waals surface area contributed by atoms with Crippen LogP contribution in [0.5, 0.6) is 0 Å². The largest absolute Gasteiger partial charge is 0.341 e. The van der Waals surface area contributed by atoms with Crippen molar-refractivity contribution in [2.45, 2.75) is 19.9 Å². The van der Waals surface area contributed by atoms with Gasteiger partial charge < -0.3 is 16.0 Å². The van der Waals surface area contributed by atoms with Crippen molar-refractivity contribution in [2.75, 3.05) is 10.6 Å². The molecule has 0 aliphatic heterocycles. The van der Waals surface area contributed by atoms with Gasteiger partial charge in [0.1, 0.15) is 11.7 Å². The lowest BCUT2D eigenvalue weighted by Crippen LogP contribution is -2.41. The predicted octanol–water partition coefficient (Wildman–Crippen LogP) is 3.49. The molecule has 37 heavy (non-hydrogen) atoms. The molecule has 3 aromatic carbocycles. The maximum Gasteiger partial charge on any atom is 0.295 e. The molecule has 4 rings (SSSR count). The number of hydrogen-bond acceptors (Lipinski definition) is 4. The van der Waals surface area contributed by atoms with Crippen molar-refractivity contribution >= 4 is 29.1 Å². The van der Waals surface area contributed by atoms with Crippen LogP contribution in [0.3, 0.4) is 0 Å². The van der Waals surface area contributed by atoms with Crippen molar-refractivity contribution in [2.24, 2.45) is 7.05 Å². The Morgan fingerprint density at radius 2 is 1.41 bits per heavy atom. The molecule has 3 N–H and O–H groups in total. The molecule has 3 amide bonds. The third-order valence-corrected chi connectivity index (χ3v) is 5.96. The molecular weight excluding hydrogens is 470 g/mol. The molecule has 0 spiro atoms. The average Bonchev–Trinajstić information content (AvgIpc) is 3.12. The number of carbonyl (C=O) groups is 3. The third-order valence-electron chi connectivity index (χ3n) is 5.96. The highest BCUT2D eigenvalue weighted by molar-refractivity contribution is 6.06. The van der Waals surface area contributed by atoms with Gasteiger partial charge >= 0.3 is 0 Å². The van der Waals surface area contributed by atoms with Crippen LogP contribution in [-0.2, 0) is 11.8 Å².